The smallest absolute Gasteiger partial charge is 0.159 e. The molecule has 0 unspecified atom stereocenters. The molecule has 0 aliphatic heterocycles. The predicted octanol–water partition coefficient (Wildman–Crippen LogP) is 1.17. The van der Waals surface area contributed by atoms with Crippen molar-refractivity contribution >= 4 is 5.82 Å². The monoisotopic (exact) mass is 203 g/mol. The zero-order valence-corrected chi connectivity index (χ0v) is 9.02. The lowest BCUT2D eigenvalue weighted by Gasteiger charge is -2.03. The normalized spacial score (nSPS) is 10.6. The van der Waals surface area contributed by atoms with Crippen LogP contribution in [0, 0.1) is 20.8 Å². The van der Waals surface area contributed by atoms with Crippen LogP contribution in [0.4, 0.5) is 5.82 Å². The van der Waals surface area contributed by atoms with E-state index in [0.29, 0.717) is 11.6 Å². The minimum absolute atomic E-state index is 0.449. The highest BCUT2D eigenvalue weighted by Crippen LogP contribution is 2.15. The van der Waals surface area contributed by atoms with Crippen molar-refractivity contribution in [2.24, 2.45) is 0 Å². The highest BCUT2D eigenvalue weighted by Gasteiger charge is 2.09. The first-order valence-corrected chi connectivity index (χ1v) is 4.70. The summed E-state index contributed by atoms with van der Waals surface area (Å²) >= 11 is 0. The van der Waals surface area contributed by atoms with Gasteiger partial charge in [-0.05, 0) is 26.3 Å². The number of aryl methyl sites for hydroxylation is 1. The summed E-state index contributed by atoms with van der Waals surface area (Å²) in [6.45, 7) is 6.02. The van der Waals surface area contributed by atoms with Gasteiger partial charge in [-0.25, -0.2) is 14.6 Å². The standard InChI is InChI=1S/C10H13N5/c1-6-7(2)14-15(8(6)3)10-4-9(11)12-5-13-10/h4-5H,1-3H3,(H2,11,12,13). The van der Waals surface area contributed by atoms with Gasteiger partial charge < -0.3 is 5.73 Å². The van der Waals surface area contributed by atoms with E-state index in [9.17, 15) is 0 Å². The van der Waals surface area contributed by atoms with Crippen LogP contribution >= 0.6 is 0 Å². The van der Waals surface area contributed by atoms with Gasteiger partial charge in [-0.1, -0.05) is 0 Å². The molecule has 2 rings (SSSR count). The van der Waals surface area contributed by atoms with Crippen molar-refractivity contribution in [1.82, 2.24) is 19.7 Å². The van der Waals surface area contributed by atoms with Crippen LogP contribution in [0.25, 0.3) is 5.82 Å². The van der Waals surface area contributed by atoms with Crippen LogP contribution in [0.1, 0.15) is 17.0 Å². The predicted molar refractivity (Wildman–Crippen MR) is 57.8 cm³/mol. The maximum atomic E-state index is 5.60. The zero-order valence-electron chi connectivity index (χ0n) is 9.02. The highest BCUT2D eigenvalue weighted by atomic mass is 15.3. The molecule has 0 amide bonds. The first-order valence-electron chi connectivity index (χ1n) is 4.70. The summed E-state index contributed by atoms with van der Waals surface area (Å²) in [4.78, 5) is 7.98. The Morgan fingerprint density at radius 3 is 2.47 bits per heavy atom. The van der Waals surface area contributed by atoms with Gasteiger partial charge in [0, 0.05) is 11.8 Å². The summed E-state index contributed by atoms with van der Waals surface area (Å²) in [6, 6.07) is 1.71. The Labute approximate surface area is 88.0 Å². The van der Waals surface area contributed by atoms with Crippen LogP contribution in [0.3, 0.4) is 0 Å². The van der Waals surface area contributed by atoms with Gasteiger partial charge in [0.05, 0.1) is 5.69 Å². The second kappa shape index (κ2) is 3.34. The van der Waals surface area contributed by atoms with E-state index >= 15 is 0 Å². The Balaban J connectivity index is 2.59. The molecular weight excluding hydrogens is 190 g/mol. The Morgan fingerprint density at radius 1 is 1.20 bits per heavy atom. The van der Waals surface area contributed by atoms with Gasteiger partial charge in [0.1, 0.15) is 12.1 Å². The summed E-state index contributed by atoms with van der Waals surface area (Å²) in [5, 5.41) is 4.39. The third-order valence-electron chi connectivity index (χ3n) is 2.54. The summed E-state index contributed by atoms with van der Waals surface area (Å²) < 4.78 is 1.78. The fourth-order valence-electron chi connectivity index (χ4n) is 1.42. The van der Waals surface area contributed by atoms with Gasteiger partial charge in [-0.2, -0.15) is 5.10 Å². The van der Waals surface area contributed by atoms with Gasteiger partial charge in [0.15, 0.2) is 5.82 Å². The van der Waals surface area contributed by atoms with E-state index in [1.165, 1.54) is 11.9 Å². The van der Waals surface area contributed by atoms with Crippen LogP contribution in [-0.4, -0.2) is 19.7 Å². The minimum Gasteiger partial charge on any atom is -0.384 e. The Bertz CT molecular complexity index is 501. The van der Waals surface area contributed by atoms with E-state index < -0.39 is 0 Å². The van der Waals surface area contributed by atoms with E-state index in [0.717, 1.165) is 11.4 Å². The molecule has 2 N–H and O–H groups in total. The second-order valence-electron chi connectivity index (χ2n) is 3.51. The molecule has 0 aromatic carbocycles. The number of hydrogen-bond donors (Lipinski definition) is 1. The van der Waals surface area contributed by atoms with E-state index in [1.54, 1.807) is 10.7 Å². The van der Waals surface area contributed by atoms with Gasteiger partial charge in [0.2, 0.25) is 0 Å². The van der Waals surface area contributed by atoms with Crippen molar-refractivity contribution in [3.8, 4) is 5.82 Å². The molecule has 5 heteroatoms. The summed E-state index contributed by atoms with van der Waals surface area (Å²) in [5.74, 6) is 1.15. The average molecular weight is 203 g/mol. The van der Waals surface area contributed by atoms with Crippen LogP contribution in [0.15, 0.2) is 12.4 Å². The summed E-state index contributed by atoms with van der Waals surface area (Å²) in [7, 11) is 0. The molecule has 78 valence electrons. The lowest BCUT2D eigenvalue weighted by atomic mass is 10.2. The molecule has 15 heavy (non-hydrogen) atoms. The molecule has 0 aliphatic rings. The molecule has 0 atom stereocenters. The number of rotatable bonds is 1. The van der Waals surface area contributed by atoms with E-state index in [2.05, 4.69) is 15.1 Å². The van der Waals surface area contributed by atoms with Crippen molar-refractivity contribution in [3.63, 3.8) is 0 Å². The van der Waals surface area contributed by atoms with Crippen LogP contribution < -0.4 is 5.73 Å². The van der Waals surface area contributed by atoms with E-state index in [1.807, 2.05) is 20.8 Å². The molecule has 2 heterocycles. The fourth-order valence-corrected chi connectivity index (χ4v) is 1.42. The molecule has 0 saturated heterocycles. The average Bonchev–Trinajstić information content (AvgIpc) is 2.46. The van der Waals surface area contributed by atoms with E-state index in [4.69, 9.17) is 5.73 Å². The quantitative estimate of drug-likeness (QED) is 0.755. The largest absolute Gasteiger partial charge is 0.384 e. The van der Waals surface area contributed by atoms with Crippen LogP contribution in [0.2, 0.25) is 0 Å². The third kappa shape index (κ3) is 1.56. The minimum atomic E-state index is 0.449. The number of nitrogen functional groups attached to an aromatic ring is 1. The molecule has 0 fully saturated rings. The summed E-state index contributed by atoms with van der Waals surface area (Å²) in [6.07, 6.45) is 1.44. The van der Waals surface area contributed by atoms with Crippen molar-refractivity contribution in [1.29, 1.82) is 0 Å². The lowest BCUT2D eigenvalue weighted by molar-refractivity contribution is 0.801. The number of anilines is 1. The van der Waals surface area contributed by atoms with Crippen molar-refractivity contribution < 1.29 is 0 Å². The zero-order chi connectivity index (χ0) is 11.0. The van der Waals surface area contributed by atoms with Crippen molar-refractivity contribution in [3.05, 3.63) is 29.3 Å². The summed E-state index contributed by atoms with van der Waals surface area (Å²) in [5.41, 5.74) is 8.85. The molecule has 0 radical (unpaired) electrons. The number of hydrogen-bond acceptors (Lipinski definition) is 4. The molecule has 0 aliphatic carbocycles. The highest BCUT2D eigenvalue weighted by molar-refractivity contribution is 5.38. The molecular formula is C10H13N5. The molecule has 2 aromatic heterocycles. The number of aromatic nitrogens is 4. The molecule has 5 nitrogen and oxygen atoms in total. The molecule has 2 aromatic rings. The Hall–Kier alpha value is -1.91. The third-order valence-corrected chi connectivity index (χ3v) is 2.54. The van der Waals surface area contributed by atoms with Crippen LogP contribution in [-0.2, 0) is 0 Å². The Morgan fingerprint density at radius 2 is 1.93 bits per heavy atom. The Kier molecular flexibility index (Phi) is 2.15. The maximum Gasteiger partial charge on any atom is 0.159 e. The van der Waals surface area contributed by atoms with Crippen LogP contribution in [0.5, 0.6) is 0 Å². The SMILES string of the molecule is Cc1nn(-c2cc(N)ncn2)c(C)c1C. The van der Waals surface area contributed by atoms with E-state index in [-0.39, 0.29) is 0 Å². The van der Waals surface area contributed by atoms with Gasteiger partial charge in [0.25, 0.3) is 0 Å². The van der Waals surface area contributed by atoms with Crippen molar-refractivity contribution in [2.45, 2.75) is 20.8 Å². The topological polar surface area (TPSA) is 69.6 Å². The fraction of sp³-hybridized carbons (Fsp3) is 0.300. The number of nitrogens with zero attached hydrogens (tertiary/aromatic N) is 4. The first-order chi connectivity index (χ1) is 7.09. The van der Waals surface area contributed by atoms with Crippen molar-refractivity contribution in [2.75, 3.05) is 5.73 Å². The first kappa shape index (κ1) is 9.64. The molecule has 0 saturated carbocycles. The number of nitrogens with two attached hydrogens (primary N) is 1. The van der Waals surface area contributed by atoms with Gasteiger partial charge >= 0.3 is 0 Å². The molecule has 0 spiro atoms. The maximum absolute atomic E-state index is 5.60. The molecule has 0 bridgehead atoms. The van der Waals surface area contributed by atoms with Gasteiger partial charge in [-0.3, -0.25) is 0 Å². The van der Waals surface area contributed by atoms with Gasteiger partial charge in [-0.15, -0.1) is 0 Å². The second-order valence-corrected chi connectivity index (χ2v) is 3.51. The lowest BCUT2D eigenvalue weighted by Crippen LogP contribution is -2.04.